The lowest BCUT2D eigenvalue weighted by Crippen LogP contribution is -2.35. The van der Waals surface area contributed by atoms with Crippen molar-refractivity contribution in [2.24, 2.45) is 16.6 Å². The number of nitrogens with zero attached hydrogens (tertiary/aromatic N) is 2. The van der Waals surface area contributed by atoms with Gasteiger partial charge >= 0.3 is 0 Å². The van der Waals surface area contributed by atoms with Gasteiger partial charge in [-0.2, -0.15) is 0 Å². The lowest BCUT2D eigenvalue weighted by Gasteiger charge is -2.16. The molecule has 0 radical (unpaired) electrons. The van der Waals surface area contributed by atoms with Gasteiger partial charge in [0, 0.05) is 29.7 Å². The Morgan fingerprint density at radius 2 is 2.15 bits per heavy atom. The Hall–Kier alpha value is -0.930. The van der Waals surface area contributed by atoms with Crippen LogP contribution in [0, 0.1) is 5.92 Å². The molecule has 0 unspecified atom stereocenters. The predicted octanol–water partition coefficient (Wildman–Crippen LogP) is 3.51. The number of halogens is 2. The summed E-state index contributed by atoms with van der Waals surface area (Å²) in [7, 11) is 2.02. The van der Waals surface area contributed by atoms with Crippen LogP contribution in [0.2, 0.25) is 10.0 Å². The van der Waals surface area contributed by atoms with E-state index in [1.165, 1.54) is 18.4 Å². The van der Waals surface area contributed by atoms with Crippen molar-refractivity contribution in [3.63, 3.8) is 0 Å². The Kier molecular flexibility index (Phi) is 3.83. The molecule has 5 heteroatoms. The summed E-state index contributed by atoms with van der Waals surface area (Å²) in [6, 6.07) is 6.35. The lowest BCUT2D eigenvalue weighted by molar-refractivity contribution is 0.486. The lowest BCUT2D eigenvalue weighted by atomic mass is 10.1. The van der Waals surface area contributed by atoms with Crippen molar-refractivity contribution in [3.05, 3.63) is 33.8 Å². The Morgan fingerprint density at radius 3 is 2.80 bits per heavy atom. The second-order valence-corrected chi connectivity index (χ2v) is 6.65. The monoisotopic (exact) mass is 311 g/mol. The first-order valence-electron chi connectivity index (χ1n) is 7.04. The molecule has 108 valence electrons. The van der Waals surface area contributed by atoms with Crippen molar-refractivity contribution in [2.75, 3.05) is 13.6 Å². The molecule has 0 heterocycles. The van der Waals surface area contributed by atoms with Gasteiger partial charge in [-0.05, 0) is 48.8 Å². The number of rotatable bonds is 4. The first kappa shape index (κ1) is 14.0. The number of guanidine groups is 1. The summed E-state index contributed by atoms with van der Waals surface area (Å²) in [5, 5.41) is 1.45. The Balaban J connectivity index is 1.57. The highest BCUT2D eigenvalue weighted by Crippen LogP contribution is 2.50. The third-order valence-electron chi connectivity index (χ3n) is 4.23. The first-order valence-corrected chi connectivity index (χ1v) is 7.79. The predicted molar refractivity (Wildman–Crippen MR) is 84.6 cm³/mol. The van der Waals surface area contributed by atoms with Crippen molar-refractivity contribution in [2.45, 2.75) is 31.2 Å². The summed E-state index contributed by atoms with van der Waals surface area (Å²) >= 11 is 12.2. The van der Waals surface area contributed by atoms with E-state index in [0.29, 0.717) is 28.9 Å². The normalized spacial score (nSPS) is 25.6. The third-order valence-corrected chi connectivity index (χ3v) is 4.79. The maximum atomic E-state index is 6.24. The van der Waals surface area contributed by atoms with E-state index in [-0.39, 0.29) is 0 Å². The van der Waals surface area contributed by atoms with Crippen LogP contribution in [-0.2, 0) is 0 Å². The molecule has 2 aliphatic carbocycles. The second-order valence-electron chi connectivity index (χ2n) is 5.81. The zero-order valence-corrected chi connectivity index (χ0v) is 13.0. The minimum absolute atomic E-state index is 0.502. The maximum absolute atomic E-state index is 6.24. The van der Waals surface area contributed by atoms with E-state index in [1.54, 1.807) is 0 Å². The van der Waals surface area contributed by atoms with E-state index in [1.807, 2.05) is 25.2 Å². The molecule has 2 aliphatic rings. The van der Waals surface area contributed by atoms with Gasteiger partial charge in [0.05, 0.1) is 0 Å². The molecule has 2 N–H and O–H groups in total. The summed E-state index contributed by atoms with van der Waals surface area (Å²) in [6.07, 6.45) is 3.60. The van der Waals surface area contributed by atoms with Crippen molar-refractivity contribution >= 4 is 29.2 Å². The molecule has 0 spiro atoms. The molecule has 0 aromatic heterocycles. The van der Waals surface area contributed by atoms with Crippen molar-refractivity contribution < 1.29 is 0 Å². The summed E-state index contributed by atoms with van der Waals surface area (Å²) in [4.78, 5) is 6.61. The van der Waals surface area contributed by atoms with Gasteiger partial charge < -0.3 is 10.6 Å². The summed E-state index contributed by atoms with van der Waals surface area (Å²) in [5.41, 5.74) is 7.19. The average molecular weight is 312 g/mol. The molecule has 2 atom stereocenters. The van der Waals surface area contributed by atoms with E-state index >= 15 is 0 Å². The zero-order chi connectivity index (χ0) is 14.3. The van der Waals surface area contributed by atoms with E-state index < -0.39 is 0 Å². The third kappa shape index (κ3) is 3.04. The van der Waals surface area contributed by atoms with Crippen LogP contribution < -0.4 is 5.73 Å². The summed E-state index contributed by atoms with van der Waals surface area (Å²) in [5.74, 6) is 1.72. The molecule has 0 bridgehead atoms. The fourth-order valence-electron chi connectivity index (χ4n) is 2.60. The molecule has 1 aromatic rings. The van der Waals surface area contributed by atoms with Crippen LogP contribution in [0.5, 0.6) is 0 Å². The molecule has 2 saturated carbocycles. The average Bonchev–Trinajstić information content (AvgIpc) is 3.28. The van der Waals surface area contributed by atoms with Gasteiger partial charge in [-0.25, -0.2) is 0 Å². The number of aliphatic imine (C=N–C) groups is 1. The maximum Gasteiger partial charge on any atom is 0.191 e. The van der Waals surface area contributed by atoms with Gasteiger partial charge in [-0.3, -0.25) is 4.99 Å². The Morgan fingerprint density at radius 1 is 1.40 bits per heavy atom. The van der Waals surface area contributed by atoms with Crippen LogP contribution in [0.3, 0.4) is 0 Å². The van der Waals surface area contributed by atoms with E-state index in [0.717, 1.165) is 18.0 Å². The molecule has 3 rings (SSSR count). The Labute approximate surface area is 129 Å². The quantitative estimate of drug-likeness (QED) is 0.683. The number of hydrogen-bond donors (Lipinski definition) is 1. The van der Waals surface area contributed by atoms with Crippen LogP contribution in [-0.4, -0.2) is 30.5 Å². The highest BCUT2D eigenvalue weighted by atomic mass is 35.5. The molecule has 0 aliphatic heterocycles. The second kappa shape index (κ2) is 5.45. The van der Waals surface area contributed by atoms with Gasteiger partial charge in [0.15, 0.2) is 5.96 Å². The van der Waals surface area contributed by atoms with Gasteiger partial charge in [-0.15, -0.1) is 0 Å². The fourth-order valence-corrected chi connectivity index (χ4v) is 3.15. The van der Waals surface area contributed by atoms with E-state index in [4.69, 9.17) is 28.9 Å². The van der Waals surface area contributed by atoms with Crippen LogP contribution in [0.15, 0.2) is 23.2 Å². The van der Waals surface area contributed by atoms with Crippen LogP contribution in [0.25, 0.3) is 0 Å². The Bertz CT molecular complexity index is 540. The largest absolute Gasteiger partial charge is 0.370 e. The van der Waals surface area contributed by atoms with Gasteiger partial charge in [0.2, 0.25) is 0 Å². The minimum Gasteiger partial charge on any atom is -0.370 e. The van der Waals surface area contributed by atoms with Gasteiger partial charge in [0.25, 0.3) is 0 Å². The smallest absolute Gasteiger partial charge is 0.191 e. The molecular formula is C15H19Cl2N3. The molecule has 0 saturated heterocycles. The zero-order valence-electron chi connectivity index (χ0n) is 11.5. The van der Waals surface area contributed by atoms with E-state index in [2.05, 4.69) is 9.89 Å². The fraction of sp³-hybridized carbons (Fsp3) is 0.533. The van der Waals surface area contributed by atoms with Crippen molar-refractivity contribution in [1.82, 2.24) is 4.90 Å². The van der Waals surface area contributed by atoms with Gasteiger partial charge in [0.1, 0.15) is 0 Å². The van der Waals surface area contributed by atoms with Crippen molar-refractivity contribution in [3.8, 4) is 0 Å². The summed E-state index contributed by atoms with van der Waals surface area (Å²) in [6.45, 7) is 0.784. The summed E-state index contributed by atoms with van der Waals surface area (Å²) < 4.78 is 0. The standard InChI is InChI=1S/C15H19Cl2N3/c1-20(11-3-4-11)15(18)19-8-9-6-13(9)12-5-2-10(16)7-14(12)17/h2,5,7,9,11,13H,3-4,6,8H2,1H3,(H2,18,19)/t9-,13+/m0/s1. The van der Waals surface area contributed by atoms with Gasteiger partial charge in [-0.1, -0.05) is 29.3 Å². The molecule has 2 fully saturated rings. The number of hydrogen-bond acceptors (Lipinski definition) is 1. The molecule has 1 aromatic carbocycles. The number of nitrogens with two attached hydrogens (primary N) is 1. The molecular weight excluding hydrogens is 293 g/mol. The van der Waals surface area contributed by atoms with Crippen molar-refractivity contribution in [1.29, 1.82) is 0 Å². The van der Waals surface area contributed by atoms with Crippen LogP contribution in [0.4, 0.5) is 0 Å². The first-order chi connectivity index (χ1) is 9.56. The highest BCUT2D eigenvalue weighted by Gasteiger charge is 2.39. The van der Waals surface area contributed by atoms with E-state index in [9.17, 15) is 0 Å². The topological polar surface area (TPSA) is 41.6 Å². The minimum atomic E-state index is 0.502. The van der Waals surface area contributed by atoms with Crippen LogP contribution >= 0.6 is 23.2 Å². The van der Waals surface area contributed by atoms with Crippen LogP contribution in [0.1, 0.15) is 30.7 Å². The molecule has 20 heavy (non-hydrogen) atoms. The molecule has 3 nitrogen and oxygen atoms in total. The highest BCUT2D eigenvalue weighted by molar-refractivity contribution is 6.35. The SMILES string of the molecule is CN(C(N)=NC[C@@H]1C[C@H]1c1ccc(Cl)cc1Cl)C1CC1. The number of benzene rings is 1. The molecule has 0 amide bonds.